The lowest BCUT2D eigenvalue weighted by Gasteiger charge is -2.03. The molecule has 1 N–H and O–H groups in total. The van der Waals surface area contributed by atoms with Crippen molar-refractivity contribution in [2.75, 3.05) is 6.61 Å². The molecule has 0 saturated heterocycles. The molecule has 1 heteroatoms. The number of aliphatic hydroxyl groups excluding tert-OH is 1. The Bertz CT molecular complexity index is 315. The number of hydrogen-bond acceptors (Lipinski definition) is 1. The average Bonchev–Trinajstić information content (AvgIpc) is 2.37. The summed E-state index contributed by atoms with van der Waals surface area (Å²) in [6, 6.07) is 8.46. The van der Waals surface area contributed by atoms with E-state index in [4.69, 9.17) is 5.11 Å². The van der Waals surface area contributed by atoms with Crippen LogP contribution in [0.2, 0.25) is 0 Å². The summed E-state index contributed by atoms with van der Waals surface area (Å²) in [4.78, 5) is 0. The molecule has 0 saturated carbocycles. The molecule has 1 aromatic rings. The van der Waals surface area contributed by atoms with Crippen molar-refractivity contribution in [2.24, 2.45) is 5.92 Å². The van der Waals surface area contributed by atoms with Gasteiger partial charge in [0.15, 0.2) is 0 Å². The van der Waals surface area contributed by atoms with Crippen molar-refractivity contribution in [3.05, 3.63) is 41.5 Å². The Morgan fingerprint density at radius 1 is 1.29 bits per heavy atom. The molecule has 1 aromatic carbocycles. The first-order chi connectivity index (χ1) is 8.22. The number of rotatable bonds is 5. The van der Waals surface area contributed by atoms with Gasteiger partial charge in [-0.2, -0.15) is 0 Å². The van der Waals surface area contributed by atoms with Gasteiger partial charge in [0.25, 0.3) is 0 Å². The molecule has 17 heavy (non-hydrogen) atoms. The van der Waals surface area contributed by atoms with E-state index < -0.39 is 0 Å². The Balaban J connectivity index is 0.00000121. The van der Waals surface area contributed by atoms with E-state index in [1.165, 1.54) is 11.1 Å². The summed E-state index contributed by atoms with van der Waals surface area (Å²) in [7, 11) is 0. The minimum Gasteiger partial charge on any atom is -0.396 e. The van der Waals surface area contributed by atoms with Gasteiger partial charge in [-0.1, -0.05) is 62.8 Å². The van der Waals surface area contributed by atoms with Crippen LogP contribution in [-0.4, -0.2) is 11.7 Å². The van der Waals surface area contributed by atoms with Crippen molar-refractivity contribution in [1.29, 1.82) is 0 Å². The minimum absolute atomic E-state index is 0.290. The van der Waals surface area contributed by atoms with Crippen molar-refractivity contribution < 1.29 is 5.11 Å². The molecule has 0 aliphatic rings. The summed E-state index contributed by atoms with van der Waals surface area (Å²) in [5.41, 5.74) is 2.55. The Kier molecular flexibility index (Phi) is 9.46. The normalized spacial score (nSPS) is 12.1. The van der Waals surface area contributed by atoms with Crippen molar-refractivity contribution in [2.45, 2.75) is 40.5 Å². The van der Waals surface area contributed by atoms with Gasteiger partial charge in [0.1, 0.15) is 0 Å². The van der Waals surface area contributed by atoms with Crippen LogP contribution in [0.5, 0.6) is 0 Å². The van der Waals surface area contributed by atoms with E-state index in [2.05, 4.69) is 50.3 Å². The highest BCUT2D eigenvalue weighted by Gasteiger charge is 1.96. The molecule has 1 rings (SSSR count). The summed E-state index contributed by atoms with van der Waals surface area (Å²) >= 11 is 0. The lowest BCUT2D eigenvalue weighted by atomic mass is 10.1. The standard InChI is InChI=1S/C14H20O.C2H6/c1-12-7-5-9-14(10-12)8-4-3-6-13(2)11-15;1-2/h4-5,7-10,13,15H,3,6,11H2,1-2H3;1-2H3/b8-4+;/t13-;/m1./s1. The molecule has 0 spiro atoms. The topological polar surface area (TPSA) is 20.2 Å². The summed E-state index contributed by atoms with van der Waals surface area (Å²) in [5.74, 6) is 0.409. The molecule has 0 amide bonds. The van der Waals surface area contributed by atoms with Gasteiger partial charge in [0.2, 0.25) is 0 Å². The molecule has 0 fully saturated rings. The predicted molar refractivity (Wildman–Crippen MR) is 77.0 cm³/mol. The van der Waals surface area contributed by atoms with E-state index in [0.717, 1.165) is 12.8 Å². The van der Waals surface area contributed by atoms with Gasteiger partial charge in [-0.25, -0.2) is 0 Å². The first kappa shape index (κ1) is 15.9. The fourth-order valence-electron chi connectivity index (χ4n) is 1.47. The predicted octanol–water partition coefficient (Wildman–Crippen LogP) is 4.44. The van der Waals surface area contributed by atoms with E-state index in [9.17, 15) is 0 Å². The van der Waals surface area contributed by atoms with Gasteiger partial charge in [-0.15, -0.1) is 0 Å². The average molecular weight is 234 g/mol. The largest absolute Gasteiger partial charge is 0.396 e. The molecule has 0 aromatic heterocycles. The highest BCUT2D eigenvalue weighted by atomic mass is 16.3. The second-order valence-electron chi connectivity index (χ2n) is 4.18. The molecular weight excluding hydrogens is 208 g/mol. The van der Waals surface area contributed by atoms with Gasteiger partial charge in [-0.3, -0.25) is 0 Å². The van der Waals surface area contributed by atoms with Crippen LogP contribution in [0.4, 0.5) is 0 Å². The number of allylic oxidation sites excluding steroid dienone is 1. The molecule has 0 radical (unpaired) electrons. The molecule has 0 heterocycles. The molecular formula is C16H26O. The Hall–Kier alpha value is -1.08. The van der Waals surface area contributed by atoms with E-state index in [1.807, 2.05) is 13.8 Å². The van der Waals surface area contributed by atoms with E-state index in [0.29, 0.717) is 5.92 Å². The fraction of sp³-hybridized carbons (Fsp3) is 0.500. The molecule has 0 aliphatic heterocycles. The lowest BCUT2D eigenvalue weighted by molar-refractivity contribution is 0.231. The SMILES string of the molecule is CC.Cc1cccc(/C=C/CC[C@@H](C)CO)c1. The zero-order valence-corrected chi connectivity index (χ0v) is 11.6. The van der Waals surface area contributed by atoms with Crippen molar-refractivity contribution in [3.8, 4) is 0 Å². The first-order valence-corrected chi connectivity index (χ1v) is 6.56. The Morgan fingerprint density at radius 2 is 2.00 bits per heavy atom. The molecule has 1 atom stereocenters. The highest BCUT2D eigenvalue weighted by molar-refractivity contribution is 5.49. The number of hydrogen-bond donors (Lipinski definition) is 1. The molecule has 0 bridgehead atoms. The van der Waals surface area contributed by atoms with Crippen LogP contribution in [-0.2, 0) is 0 Å². The summed E-state index contributed by atoms with van der Waals surface area (Å²) in [5, 5.41) is 8.86. The summed E-state index contributed by atoms with van der Waals surface area (Å²) in [6.07, 6.45) is 6.42. The monoisotopic (exact) mass is 234 g/mol. The molecule has 0 unspecified atom stereocenters. The number of benzene rings is 1. The Morgan fingerprint density at radius 3 is 2.59 bits per heavy atom. The van der Waals surface area contributed by atoms with E-state index >= 15 is 0 Å². The third-order valence-corrected chi connectivity index (χ3v) is 2.49. The zero-order chi connectivity index (χ0) is 13.1. The lowest BCUT2D eigenvalue weighted by Crippen LogP contribution is -1.98. The number of aryl methyl sites for hydroxylation is 1. The third kappa shape index (κ3) is 7.76. The number of aliphatic hydroxyl groups is 1. The summed E-state index contributed by atoms with van der Waals surface area (Å²) < 4.78 is 0. The maximum atomic E-state index is 8.86. The third-order valence-electron chi connectivity index (χ3n) is 2.49. The zero-order valence-electron chi connectivity index (χ0n) is 11.6. The van der Waals surface area contributed by atoms with Gasteiger partial charge in [-0.05, 0) is 31.2 Å². The van der Waals surface area contributed by atoms with Crippen molar-refractivity contribution in [3.63, 3.8) is 0 Å². The van der Waals surface area contributed by atoms with Crippen LogP contribution in [0, 0.1) is 12.8 Å². The van der Waals surface area contributed by atoms with Crippen LogP contribution in [0.25, 0.3) is 6.08 Å². The smallest absolute Gasteiger partial charge is 0.0456 e. The first-order valence-electron chi connectivity index (χ1n) is 6.56. The molecule has 0 aliphatic carbocycles. The quantitative estimate of drug-likeness (QED) is 0.798. The van der Waals surface area contributed by atoms with E-state index in [1.54, 1.807) is 0 Å². The Labute approximate surface area is 106 Å². The fourth-order valence-corrected chi connectivity index (χ4v) is 1.47. The van der Waals surface area contributed by atoms with Gasteiger partial charge < -0.3 is 5.11 Å². The maximum absolute atomic E-state index is 8.86. The maximum Gasteiger partial charge on any atom is 0.0456 e. The molecule has 96 valence electrons. The highest BCUT2D eigenvalue weighted by Crippen LogP contribution is 2.09. The van der Waals surface area contributed by atoms with Gasteiger partial charge in [0.05, 0.1) is 0 Å². The van der Waals surface area contributed by atoms with E-state index in [-0.39, 0.29) is 6.61 Å². The van der Waals surface area contributed by atoms with Gasteiger partial charge in [0, 0.05) is 6.61 Å². The van der Waals surface area contributed by atoms with Crippen molar-refractivity contribution >= 4 is 6.08 Å². The van der Waals surface area contributed by atoms with Crippen LogP contribution in [0.15, 0.2) is 30.3 Å². The molecule has 1 nitrogen and oxygen atoms in total. The second kappa shape index (κ2) is 10.1. The van der Waals surface area contributed by atoms with Crippen LogP contribution in [0.1, 0.15) is 44.7 Å². The van der Waals surface area contributed by atoms with Crippen molar-refractivity contribution in [1.82, 2.24) is 0 Å². The second-order valence-corrected chi connectivity index (χ2v) is 4.18. The summed E-state index contributed by atoms with van der Waals surface area (Å²) in [6.45, 7) is 8.46. The van der Waals surface area contributed by atoms with Gasteiger partial charge >= 0.3 is 0 Å². The van der Waals surface area contributed by atoms with Crippen LogP contribution >= 0.6 is 0 Å². The van der Waals surface area contributed by atoms with Crippen LogP contribution < -0.4 is 0 Å². The van der Waals surface area contributed by atoms with Crippen LogP contribution in [0.3, 0.4) is 0 Å². The minimum atomic E-state index is 0.290.